The SMILES string of the molecule is Cc1ccc([N+](=O)[O-])c(Oc2ccc(C)c(F)c2)n1. The summed E-state index contributed by atoms with van der Waals surface area (Å²) in [6.07, 6.45) is 0. The molecule has 0 fully saturated rings. The highest BCUT2D eigenvalue weighted by atomic mass is 19.1. The fourth-order valence-corrected chi connectivity index (χ4v) is 1.49. The van der Waals surface area contributed by atoms with Gasteiger partial charge in [-0.15, -0.1) is 0 Å². The van der Waals surface area contributed by atoms with Crippen molar-refractivity contribution >= 4 is 5.69 Å². The van der Waals surface area contributed by atoms with E-state index in [1.165, 1.54) is 30.3 Å². The van der Waals surface area contributed by atoms with E-state index in [4.69, 9.17) is 4.74 Å². The van der Waals surface area contributed by atoms with Crippen LogP contribution in [-0.4, -0.2) is 9.91 Å². The van der Waals surface area contributed by atoms with Crippen molar-refractivity contribution in [1.82, 2.24) is 4.98 Å². The quantitative estimate of drug-likeness (QED) is 0.626. The van der Waals surface area contributed by atoms with Gasteiger partial charge in [0.25, 0.3) is 5.88 Å². The first-order valence-electron chi connectivity index (χ1n) is 5.53. The molecule has 1 aromatic carbocycles. The molecule has 2 rings (SSSR count). The molecule has 0 aliphatic rings. The lowest BCUT2D eigenvalue weighted by molar-refractivity contribution is -0.386. The van der Waals surface area contributed by atoms with Gasteiger partial charge in [-0.25, -0.2) is 9.37 Å². The summed E-state index contributed by atoms with van der Waals surface area (Å²) in [5.74, 6) is -0.412. The number of rotatable bonds is 3. The fraction of sp³-hybridized carbons (Fsp3) is 0.154. The molecular weight excluding hydrogens is 251 g/mol. The minimum Gasteiger partial charge on any atom is -0.434 e. The molecule has 1 heterocycles. The molecule has 0 radical (unpaired) electrons. The Hall–Kier alpha value is -2.50. The summed E-state index contributed by atoms with van der Waals surface area (Å²) < 4.78 is 18.7. The zero-order valence-corrected chi connectivity index (χ0v) is 10.4. The Labute approximate surface area is 108 Å². The van der Waals surface area contributed by atoms with Crippen molar-refractivity contribution in [2.45, 2.75) is 13.8 Å². The predicted octanol–water partition coefficient (Wildman–Crippen LogP) is 3.54. The molecule has 98 valence electrons. The molecule has 0 aliphatic heterocycles. The van der Waals surface area contributed by atoms with Gasteiger partial charge in [-0.05, 0) is 31.5 Å². The van der Waals surface area contributed by atoms with Crippen molar-refractivity contribution in [3.63, 3.8) is 0 Å². The van der Waals surface area contributed by atoms with Gasteiger partial charge in [-0.3, -0.25) is 10.1 Å². The number of hydrogen-bond acceptors (Lipinski definition) is 4. The number of aromatic nitrogens is 1. The lowest BCUT2D eigenvalue weighted by atomic mass is 10.2. The van der Waals surface area contributed by atoms with Crippen molar-refractivity contribution < 1.29 is 14.1 Å². The van der Waals surface area contributed by atoms with Crippen LogP contribution in [0.1, 0.15) is 11.3 Å². The maximum Gasteiger partial charge on any atom is 0.331 e. The average Bonchev–Trinajstić information content (AvgIpc) is 2.33. The molecule has 0 amide bonds. The number of hydrogen-bond donors (Lipinski definition) is 0. The molecule has 19 heavy (non-hydrogen) atoms. The molecule has 0 unspecified atom stereocenters. The van der Waals surface area contributed by atoms with E-state index in [1.807, 2.05) is 0 Å². The largest absolute Gasteiger partial charge is 0.434 e. The van der Waals surface area contributed by atoms with Gasteiger partial charge >= 0.3 is 5.69 Å². The molecule has 0 spiro atoms. The summed E-state index contributed by atoms with van der Waals surface area (Å²) in [4.78, 5) is 14.2. The van der Waals surface area contributed by atoms with Gasteiger partial charge < -0.3 is 4.74 Å². The third-order valence-electron chi connectivity index (χ3n) is 2.53. The number of nitro groups is 1. The second-order valence-electron chi connectivity index (χ2n) is 4.05. The summed E-state index contributed by atoms with van der Waals surface area (Å²) in [6, 6.07) is 7.06. The van der Waals surface area contributed by atoms with Gasteiger partial charge in [0, 0.05) is 17.8 Å². The number of aryl methyl sites for hydroxylation is 2. The highest BCUT2D eigenvalue weighted by Gasteiger charge is 2.17. The van der Waals surface area contributed by atoms with Gasteiger partial charge in [0.05, 0.1) is 4.92 Å². The van der Waals surface area contributed by atoms with Crippen LogP contribution in [0.15, 0.2) is 30.3 Å². The van der Waals surface area contributed by atoms with E-state index in [9.17, 15) is 14.5 Å². The first kappa shape index (κ1) is 12.9. The molecule has 0 aliphatic carbocycles. The molecule has 0 saturated heterocycles. The molecule has 1 aromatic heterocycles. The lowest BCUT2D eigenvalue weighted by Crippen LogP contribution is -1.97. The number of ether oxygens (including phenoxy) is 1. The monoisotopic (exact) mass is 262 g/mol. The minimum absolute atomic E-state index is 0.145. The first-order valence-corrected chi connectivity index (χ1v) is 5.53. The number of nitrogens with zero attached hydrogens (tertiary/aromatic N) is 2. The summed E-state index contributed by atoms with van der Waals surface area (Å²) in [6.45, 7) is 3.30. The molecule has 0 saturated carbocycles. The molecule has 5 nitrogen and oxygen atoms in total. The third-order valence-corrected chi connectivity index (χ3v) is 2.53. The molecule has 6 heteroatoms. The number of benzene rings is 1. The van der Waals surface area contributed by atoms with Crippen molar-refractivity contribution in [2.24, 2.45) is 0 Å². The Morgan fingerprint density at radius 3 is 2.63 bits per heavy atom. The van der Waals surface area contributed by atoms with Gasteiger partial charge in [0.15, 0.2) is 0 Å². The lowest BCUT2D eigenvalue weighted by Gasteiger charge is -2.06. The number of halogens is 1. The van der Waals surface area contributed by atoms with Crippen LogP contribution >= 0.6 is 0 Å². The maximum absolute atomic E-state index is 13.4. The van der Waals surface area contributed by atoms with Crippen LogP contribution in [-0.2, 0) is 0 Å². The van der Waals surface area contributed by atoms with Crippen LogP contribution < -0.4 is 4.74 Å². The summed E-state index contributed by atoms with van der Waals surface area (Å²) in [5, 5.41) is 10.9. The Bertz CT molecular complexity index is 644. The van der Waals surface area contributed by atoms with E-state index < -0.39 is 10.7 Å². The summed E-state index contributed by atoms with van der Waals surface area (Å²) >= 11 is 0. The molecule has 2 aromatic rings. The van der Waals surface area contributed by atoms with Gasteiger partial charge in [0.1, 0.15) is 11.6 Å². The zero-order chi connectivity index (χ0) is 14.0. The highest BCUT2D eigenvalue weighted by molar-refractivity contribution is 5.44. The Morgan fingerprint density at radius 1 is 1.26 bits per heavy atom. The number of pyridine rings is 1. The van der Waals surface area contributed by atoms with Gasteiger partial charge in [-0.2, -0.15) is 0 Å². The average molecular weight is 262 g/mol. The zero-order valence-electron chi connectivity index (χ0n) is 10.4. The van der Waals surface area contributed by atoms with E-state index in [0.717, 1.165) is 0 Å². The minimum atomic E-state index is -0.591. The standard InChI is InChI=1S/C13H11FN2O3/c1-8-3-5-10(7-11(8)14)19-13-12(16(17)18)6-4-9(2)15-13/h3-7H,1-2H3. The van der Waals surface area contributed by atoms with Crippen molar-refractivity contribution in [1.29, 1.82) is 0 Å². The maximum atomic E-state index is 13.4. The predicted molar refractivity (Wildman–Crippen MR) is 66.8 cm³/mol. The fourth-order valence-electron chi connectivity index (χ4n) is 1.49. The van der Waals surface area contributed by atoms with Crippen molar-refractivity contribution in [2.75, 3.05) is 0 Å². The molecule has 0 N–H and O–H groups in total. The van der Waals surface area contributed by atoms with Crippen LogP contribution in [0.3, 0.4) is 0 Å². The second-order valence-corrected chi connectivity index (χ2v) is 4.05. The van der Waals surface area contributed by atoms with Crippen LogP contribution in [0.5, 0.6) is 11.6 Å². The van der Waals surface area contributed by atoms with E-state index in [-0.39, 0.29) is 17.3 Å². The van der Waals surface area contributed by atoms with E-state index in [2.05, 4.69) is 4.98 Å². The molecule has 0 bridgehead atoms. The first-order chi connectivity index (χ1) is 8.97. The van der Waals surface area contributed by atoms with Crippen molar-refractivity contribution in [3.8, 4) is 11.6 Å². The van der Waals surface area contributed by atoms with Crippen LogP contribution in [0, 0.1) is 29.8 Å². The van der Waals surface area contributed by atoms with E-state index in [0.29, 0.717) is 11.3 Å². The molecular formula is C13H11FN2O3. The Kier molecular flexibility index (Phi) is 3.41. The van der Waals surface area contributed by atoms with Crippen molar-refractivity contribution in [3.05, 3.63) is 57.5 Å². The second kappa shape index (κ2) is 5.01. The van der Waals surface area contributed by atoms with Gasteiger partial charge in [0.2, 0.25) is 0 Å². The Balaban J connectivity index is 2.39. The molecule has 0 atom stereocenters. The third kappa shape index (κ3) is 2.85. The smallest absolute Gasteiger partial charge is 0.331 e. The Morgan fingerprint density at radius 2 is 2.00 bits per heavy atom. The van der Waals surface area contributed by atoms with Gasteiger partial charge in [-0.1, -0.05) is 6.07 Å². The summed E-state index contributed by atoms with van der Waals surface area (Å²) in [5.41, 5.74) is 0.791. The van der Waals surface area contributed by atoms with Crippen LogP contribution in [0.4, 0.5) is 10.1 Å². The van der Waals surface area contributed by atoms with E-state index >= 15 is 0 Å². The topological polar surface area (TPSA) is 65.3 Å². The van der Waals surface area contributed by atoms with Crippen LogP contribution in [0.2, 0.25) is 0 Å². The normalized spacial score (nSPS) is 10.3. The summed E-state index contributed by atoms with van der Waals surface area (Å²) in [7, 11) is 0. The van der Waals surface area contributed by atoms with E-state index in [1.54, 1.807) is 13.8 Å². The highest BCUT2D eigenvalue weighted by Crippen LogP contribution is 2.29. The van der Waals surface area contributed by atoms with Crippen LogP contribution in [0.25, 0.3) is 0 Å².